The number of aliphatic hydroxyl groups excluding tert-OH is 1. The van der Waals surface area contributed by atoms with E-state index in [0.29, 0.717) is 0 Å². The Morgan fingerprint density at radius 2 is 2.12 bits per heavy atom. The van der Waals surface area contributed by atoms with E-state index in [1.54, 1.807) is 0 Å². The summed E-state index contributed by atoms with van der Waals surface area (Å²) in [7, 11) is 1.21. The summed E-state index contributed by atoms with van der Waals surface area (Å²) in [5.74, 6) is -1.58. The summed E-state index contributed by atoms with van der Waals surface area (Å²) < 4.78 is 9.65. The molecule has 1 aromatic rings. The van der Waals surface area contributed by atoms with Crippen LogP contribution in [0.15, 0.2) is 16.5 Å². The summed E-state index contributed by atoms with van der Waals surface area (Å²) >= 11 is 0. The highest BCUT2D eigenvalue weighted by Gasteiger charge is 2.53. The molecule has 1 heterocycles. The van der Waals surface area contributed by atoms with Crippen molar-refractivity contribution in [1.82, 2.24) is 0 Å². The fourth-order valence-electron chi connectivity index (χ4n) is 2.03. The Labute approximate surface area is 96.8 Å². The van der Waals surface area contributed by atoms with E-state index in [9.17, 15) is 19.8 Å². The average Bonchev–Trinajstić information content (AvgIpc) is 2.72. The van der Waals surface area contributed by atoms with Gasteiger partial charge in [0.2, 0.25) is 5.76 Å². The van der Waals surface area contributed by atoms with Crippen LogP contribution in [0.4, 0.5) is 0 Å². The third-order valence-corrected chi connectivity index (χ3v) is 3.04. The van der Waals surface area contributed by atoms with Crippen LogP contribution in [0.5, 0.6) is 0 Å². The molecule has 92 valence electrons. The van der Waals surface area contributed by atoms with Crippen molar-refractivity contribution in [2.24, 2.45) is 0 Å². The van der Waals surface area contributed by atoms with E-state index >= 15 is 0 Å². The number of carbonyl (C=O) groups excluding carboxylic acids is 1. The van der Waals surface area contributed by atoms with E-state index in [2.05, 4.69) is 4.74 Å². The van der Waals surface area contributed by atoms with Crippen LogP contribution in [0.3, 0.4) is 0 Å². The predicted molar refractivity (Wildman–Crippen MR) is 54.6 cm³/mol. The number of rotatable bonds is 3. The van der Waals surface area contributed by atoms with Crippen LogP contribution in [0, 0.1) is 0 Å². The van der Waals surface area contributed by atoms with Gasteiger partial charge in [0.1, 0.15) is 11.2 Å². The number of hydrogen-bond donors (Lipinski definition) is 2. The standard InChI is InChI=1S/C11H12O6/c1-16-9(13)7-2-3-8(17-7)11(10(14)15)4-6(12)5-11/h2-3,6,12H,4-5H2,1H3,(H,14,15). The van der Waals surface area contributed by atoms with Crippen molar-refractivity contribution in [3.8, 4) is 0 Å². The third-order valence-electron chi connectivity index (χ3n) is 3.04. The van der Waals surface area contributed by atoms with E-state index in [-0.39, 0.29) is 24.4 Å². The molecule has 2 rings (SSSR count). The maximum atomic E-state index is 11.2. The SMILES string of the molecule is COC(=O)c1ccc(C2(C(=O)O)CC(O)C2)o1. The van der Waals surface area contributed by atoms with Gasteiger partial charge in [-0.25, -0.2) is 4.79 Å². The second-order valence-corrected chi connectivity index (χ2v) is 4.10. The molecule has 0 aromatic carbocycles. The van der Waals surface area contributed by atoms with Crippen LogP contribution in [0.1, 0.15) is 29.2 Å². The second kappa shape index (κ2) is 3.89. The predicted octanol–water partition coefficient (Wildman–Crippen LogP) is 0.543. The molecular formula is C11H12O6. The Bertz CT molecular complexity index is 454. The zero-order chi connectivity index (χ0) is 12.6. The largest absolute Gasteiger partial charge is 0.480 e. The fraction of sp³-hybridized carbons (Fsp3) is 0.455. The number of aliphatic carboxylic acids is 1. The molecule has 6 nitrogen and oxygen atoms in total. The smallest absolute Gasteiger partial charge is 0.373 e. The minimum Gasteiger partial charge on any atom is -0.480 e. The Morgan fingerprint density at radius 3 is 2.59 bits per heavy atom. The molecule has 1 fully saturated rings. The van der Waals surface area contributed by atoms with Crippen molar-refractivity contribution in [2.75, 3.05) is 7.11 Å². The molecule has 1 aromatic heterocycles. The van der Waals surface area contributed by atoms with Gasteiger partial charge in [0.25, 0.3) is 0 Å². The molecule has 0 saturated heterocycles. The van der Waals surface area contributed by atoms with E-state index in [0.717, 1.165) is 0 Å². The van der Waals surface area contributed by atoms with Crippen molar-refractivity contribution < 1.29 is 29.0 Å². The molecule has 17 heavy (non-hydrogen) atoms. The van der Waals surface area contributed by atoms with E-state index < -0.39 is 23.5 Å². The molecule has 0 atom stereocenters. The number of esters is 1. The number of aliphatic hydroxyl groups is 1. The van der Waals surface area contributed by atoms with Gasteiger partial charge in [-0.15, -0.1) is 0 Å². The number of methoxy groups -OCH3 is 1. The lowest BCUT2D eigenvalue weighted by molar-refractivity contribution is -0.154. The zero-order valence-electron chi connectivity index (χ0n) is 9.17. The normalized spacial score (nSPS) is 27.3. The second-order valence-electron chi connectivity index (χ2n) is 4.10. The first-order valence-corrected chi connectivity index (χ1v) is 5.09. The number of furan rings is 1. The highest BCUT2D eigenvalue weighted by molar-refractivity contribution is 5.87. The summed E-state index contributed by atoms with van der Waals surface area (Å²) in [5, 5.41) is 18.4. The Morgan fingerprint density at radius 1 is 1.47 bits per heavy atom. The number of hydrogen-bond acceptors (Lipinski definition) is 5. The van der Waals surface area contributed by atoms with Gasteiger partial charge in [0.05, 0.1) is 13.2 Å². The summed E-state index contributed by atoms with van der Waals surface area (Å²) in [6.07, 6.45) is -0.454. The van der Waals surface area contributed by atoms with Crippen LogP contribution in [-0.2, 0) is 14.9 Å². The van der Waals surface area contributed by atoms with Crippen LogP contribution >= 0.6 is 0 Å². The number of carboxylic acid groups (broad SMARTS) is 1. The first-order chi connectivity index (χ1) is 7.99. The topological polar surface area (TPSA) is 97.0 Å². The molecule has 1 saturated carbocycles. The van der Waals surface area contributed by atoms with Crippen molar-refractivity contribution >= 4 is 11.9 Å². The monoisotopic (exact) mass is 240 g/mol. The molecule has 1 aliphatic carbocycles. The Kier molecular flexibility index (Phi) is 2.66. The minimum atomic E-state index is -1.22. The van der Waals surface area contributed by atoms with Gasteiger partial charge in [0.15, 0.2) is 0 Å². The molecule has 2 N–H and O–H groups in total. The molecule has 6 heteroatoms. The molecule has 0 radical (unpaired) electrons. The first-order valence-electron chi connectivity index (χ1n) is 5.09. The quantitative estimate of drug-likeness (QED) is 0.748. The van der Waals surface area contributed by atoms with Gasteiger partial charge < -0.3 is 19.4 Å². The molecule has 0 bridgehead atoms. The van der Waals surface area contributed by atoms with E-state index in [4.69, 9.17) is 4.42 Å². The Hall–Kier alpha value is -1.82. The molecular weight excluding hydrogens is 228 g/mol. The van der Waals surface area contributed by atoms with E-state index in [1.807, 2.05) is 0 Å². The summed E-state index contributed by atoms with van der Waals surface area (Å²) in [6, 6.07) is 2.81. The molecule has 0 amide bonds. The maximum absolute atomic E-state index is 11.2. The maximum Gasteiger partial charge on any atom is 0.373 e. The van der Waals surface area contributed by atoms with Gasteiger partial charge in [-0.05, 0) is 25.0 Å². The van der Waals surface area contributed by atoms with Gasteiger partial charge in [0, 0.05) is 0 Å². The number of ether oxygens (including phenoxy) is 1. The number of carboxylic acids is 1. The summed E-state index contributed by atoms with van der Waals surface area (Å²) in [5.41, 5.74) is -1.22. The van der Waals surface area contributed by atoms with Crippen molar-refractivity contribution in [3.05, 3.63) is 23.7 Å². The van der Waals surface area contributed by atoms with Gasteiger partial charge in [-0.3, -0.25) is 4.79 Å². The van der Waals surface area contributed by atoms with Crippen molar-refractivity contribution in [2.45, 2.75) is 24.4 Å². The fourth-order valence-corrected chi connectivity index (χ4v) is 2.03. The first kappa shape index (κ1) is 11.7. The van der Waals surface area contributed by atoms with Gasteiger partial charge in [-0.1, -0.05) is 0 Å². The summed E-state index contributed by atoms with van der Waals surface area (Å²) in [6.45, 7) is 0. The lowest BCUT2D eigenvalue weighted by Crippen LogP contribution is -2.50. The lowest BCUT2D eigenvalue weighted by Gasteiger charge is -2.39. The Balaban J connectivity index is 2.30. The summed E-state index contributed by atoms with van der Waals surface area (Å²) in [4.78, 5) is 22.4. The van der Waals surface area contributed by atoms with Crippen molar-refractivity contribution in [3.63, 3.8) is 0 Å². The lowest BCUT2D eigenvalue weighted by atomic mass is 9.65. The minimum absolute atomic E-state index is 0.0375. The van der Waals surface area contributed by atoms with Crippen LogP contribution in [0.25, 0.3) is 0 Å². The molecule has 1 aliphatic rings. The molecule has 0 spiro atoms. The molecule has 0 aliphatic heterocycles. The average molecular weight is 240 g/mol. The highest BCUT2D eigenvalue weighted by atomic mass is 16.5. The van der Waals surface area contributed by atoms with Gasteiger partial charge in [-0.2, -0.15) is 0 Å². The third kappa shape index (κ3) is 1.70. The highest BCUT2D eigenvalue weighted by Crippen LogP contribution is 2.44. The number of carbonyl (C=O) groups is 2. The van der Waals surface area contributed by atoms with E-state index in [1.165, 1.54) is 19.2 Å². The van der Waals surface area contributed by atoms with Crippen LogP contribution < -0.4 is 0 Å². The van der Waals surface area contributed by atoms with Crippen LogP contribution in [0.2, 0.25) is 0 Å². The van der Waals surface area contributed by atoms with Crippen molar-refractivity contribution in [1.29, 1.82) is 0 Å². The van der Waals surface area contributed by atoms with Gasteiger partial charge >= 0.3 is 11.9 Å². The molecule has 0 unspecified atom stereocenters. The van der Waals surface area contributed by atoms with Crippen LogP contribution in [-0.4, -0.2) is 35.4 Å². The zero-order valence-corrected chi connectivity index (χ0v) is 9.17.